The van der Waals surface area contributed by atoms with Gasteiger partial charge in [-0.2, -0.15) is 0 Å². The molecule has 7 nitrogen and oxygen atoms in total. The fourth-order valence-corrected chi connectivity index (χ4v) is 4.31. The standard InChI is InChI=1S/C21H22FN5O2S/c1-13-11-15-5-3-4-6-18(15)26(13)20(28)14(2)30-21-25-24-19(27(21)23)12-29-17-9-7-16(22)8-10-17/h3-10,13-14H,11-12,23H2,1-2H3. The second kappa shape index (κ2) is 8.35. The van der Waals surface area contributed by atoms with Gasteiger partial charge in [0.2, 0.25) is 11.1 Å². The largest absolute Gasteiger partial charge is 0.486 e. The van der Waals surface area contributed by atoms with Crippen LogP contribution in [-0.2, 0) is 17.8 Å². The molecule has 0 saturated heterocycles. The Balaban J connectivity index is 1.42. The summed E-state index contributed by atoms with van der Waals surface area (Å²) < 4.78 is 19.9. The SMILES string of the molecule is CC(Sc1nnc(COc2ccc(F)cc2)n1N)C(=O)N1c2ccccc2CC1C. The molecular weight excluding hydrogens is 405 g/mol. The highest BCUT2D eigenvalue weighted by molar-refractivity contribution is 8.00. The molecule has 0 saturated carbocycles. The lowest BCUT2D eigenvalue weighted by atomic mass is 10.1. The second-order valence-corrected chi connectivity index (χ2v) is 8.47. The molecule has 1 aromatic heterocycles. The van der Waals surface area contributed by atoms with E-state index in [0.29, 0.717) is 16.7 Å². The number of anilines is 1. The third-order valence-electron chi connectivity index (χ3n) is 4.99. The molecule has 156 valence electrons. The average molecular weight is 428 g/mol. The number of nitrogens with zero attached hydrogens (tertiary/aromatic N) is 4. The minimum Gasteiger partial charge on any atom is -0.486 e. The van der Waals surface area contributed by atoms with Crippen molar-refractivity contribution in [2.75, 3.05) is 10.7 Å². The number of carbonyl (C=O) groups excluding carboxylic acids is 1. The van der Waals surface area contributed by atoms with Crippen LogP contribution in [0.25, 0.3) is 0 Å². The maximum Gasteiger partial charge on any atom is 0.240 e. The van der Waals surface area contributed by atoms with Crippen LogP contribution in [0.4, 0.5) is 10.1 Å². The van der Waals surface area contributed by atoms with Crippen molar-refractivity contribution >= 4 is 23.4 Å². The van der Waals surface area contributed by atoms with Crippen LogP contribution in [0.1, 0.15) is 25.2 Å². The first-order valence-corrected chi connectivity index (χ1v) is 10.5. The van der Waals surface area contributed by atoms with E-state index in [4.69, 9.17) is 10.6 Å². The number of halogens is 1. The first kappa shape index (κ1) is 20.2. The van der Waals surface area contributed by atoms with Gasteiger partial charge in [0.25, 0.3) is 0 Å². The lowest BCUT2D eigenvalue weighted by Crippen LogP contribution is -2.40. The van der Waals surface area contributed by atoms with Gasteiger partial charge in [-0.15, -0.1) is 10.2 Å². The minimum atomic E-state index is -0.393. The zero-order valence-corrected chi connectivity index (χ0v) is 17.5. The summed E-state index contributed by atoms with van der Waals surface area (Å²) in [5, 5.41) is 8.18. The summed E-state index contributed by atoms with van der Waals surface area (Å²) in [5.41, 5.74) is 2.14. The summed E-state index contributed by atoms with van der Waals surface area (Å²) in [4.78, 5) is 15.0. The highest BCUT2D eigenvalue weighted by atomic mass is 32.2. The monoisotopic (exact) mass is 427 g/mol. The van der Waals surface area contributed by atoms with Gasteiger partial charge in [0.15, 0.2) is 5.82 Å². The number of aromatic nitrogens is 3. The van der Waals surface area contributed by atoms with E-state index in [1.165, 1.54) is 46.3 Å². The molecule has 2 unspecified atom stereocenters. The number of hydrogen-bond donors (Lipinski definition) is 1. The average Bonchev–Trinajstić information content (AvgIpc) is 3.26. The lowest BCUT2D eigenvalue weighted by Gasteiger charge is -2.25. The Labute approximate surface area is 178 Å². The number of fused-ring (bicyclic) bond motifs is 1. The summed E-state index contributed by atoms with van der Waals surface area (Å²) in [6.45, 7) is 3.96. The number of nitrogen functional groups attached to an aromatic ring is 1. The number of rotatable bonds is 6. The molecule has 0 bridgehead atoms. The van der Waals surface area contributed by atoms with E-state index in [-0.39, 0.29) is 24.4 Å². The smallest absolute Gasteiger partial charge is 0.240 e. The van der Waals surface area contributed by atoms with Crippen LogP contribution < -0.4 is 15.5 Å². The fraction of sp³-hybridized carbons (Fsp3) is 0.286. The van der Waals surface area contributed by atoms with Crippen molar-refractivity contribution in [2.24, 2.45) is 0 Å². The van der Waals surface area contributed by atoms with Crippen molar-refractivity contribution in [2.45, 2.75) is 43.3 Å². The fourth-order valence-electron chi connectivity index (χ4n) is 3.47. The van der Waals surface area contributed by atoms with E-state index in [2.05, 4.69) is 16.3 Å². The molecule has 0 spiro atoms. The topological polar surface area (TPSA) is 86.3 Å². The van der Waals surface area contributed by atoms with Crippen molar-refractivity contribution in [3.63, 3.8) is 0 Å². The number of para-hydroxylation sites is 1. The van der Waals surface area contributed by atoms with E-state index in [1.807, 2.05) is 36.9 Å². The quantitative estimate of drug-likeness (QED) is 0.480. The van der Waals surface area contributed by atoms with Crippen LogP contribution in [0.5, 0.6) is 5.75 Å². The molecule has 2 N–H and O–H groups in total. The number of thioether (sulfide) groups is 1. The summed E-state index contributed by atoms with van der Waals surface area (Å²) in [6, 6.07) is 13.8. The summed E-state index contributed by atoms with van der Waals surface area (Å²) in [6.07, 6.45) is 0.844. The van der Waals surface area contributed by atoms with Crippen molar-refractivity contribution in [1.82, 2.24) is 14.9 Å². The summed E-state index contributed by atoms with van der Waals surface area (Å²) in [7, 11) is 0. The molecule has 3 aromatic rings. The van der Waals surface area contributed by atoms with Crippen LogP contribution in [0, 0.1) is 5.82 Å². The number of benzene rings is 2. The number of ether oxygens (including phenoxy) is 1. The summed E-state index contributed by atoms with van der Waals surface area (Å²) in [5.74, 6) is 6.67. The molecule has 4 rings (SSSR count). The molecular formula is C21H22FN5O2S. The molecule has 0 radical (unpaired) electrons. The Bertz CT molecular complexity index is 1060. The van der Waals surface area contributed by atoms with E-state index in [1.54, 1.807) is 0 Å². The van der Waals surface area contributed by atoms with Gasteiger partial charge in [-0.1, -0.05) is 30.0 Å². The summed E-state index contributed by atoms with van der Waals surface area (Å²) >= 11 is 1.25. The second-order valence-electron chi connectivity index (χ2n) is 7.16. The number of carbonyl (C=O) groups is 1. The normalized spacial score (nSPS) is 16.4. The van der Waals surface area contributed by atoms with E-state index in [9.17, 15) is 9.18 Å². The van der Waals surface area contributed by atoms with Crippen LogP contribution in [-0.4, -0.2) is 32.1 Å². The Kier molecular flexibility index (Phi) is 5.63. The third kappa shape index (κ3) is 3.97. The first-order chi connectivity index (χ1) is 14.4. The van der Waals surface area contributed by atoms with Gasteiger partial charge < -0.3 is 15.5 Å². The van der Waals surface area contributed by atoms with Crippen molar-refractivity contribution < 1.29 is 13.9 Å². The predicted octanol–water partition coefficient (Wildman–Crippen LogP) is 3.17. The molecule has 30 heavy (non-hydrogen) atoms. The van der Waals surface area contributed by atoms with E-state index < -0.39 is 5.25 Å². The Morgan fingerprint density at radius 2 is 2.00 bits per heavy atom. The Morgan fingerprint density at radius 3 is 2.77 bits per heavy atom. The molecule has 1 aliphatic rings. The minimum absolute atomic E-state index is 0.00422. The van der Waals surface area contributed by atoms with Gasteiger partial charge in [-0.25, -0.2) is 9.07 Å². The maximum atomic E-state index is 13.1. The molecule has 2 heterocycles. The van der Waals surface area contributed by atoms with Crippen molar-refractivity contribution in [3.8, 4) is 5.75 Å². The lowest BCUT2D eigenvalue weighted by molar-refractivity contribution is -0.118. The number of hydrogen-bond acceptors (Lipinski definition) is 6. The van der Waals surface area contributed by atoms with Gasteiger partial charge in [0.05, 0.1) is 5.25 Å². The van der Waals surface area contributed by atoms with Gasteiger partial charge in [-0.05, 0) is 56.2 Å². The number of nitrogens with two attached hydrogens (primary N) is 1. The van der Waals surface area contributed by atoms with Gasteiger partial charge >= 0.3 is 0 Å². The van der Waals surface area contributed by atoms with Crippen LogP contribution in [0.15, 0.2) is 53.7 Å². The Morgan fingerprint density at radius 1 is 1.27 bits per heavy atom. The van der Waals surface area contributed by atoms with Gasteiger partial charge in [0, 0.05) is 11.7 Å². The van der Waals surface area contributed by atoms with Crippen LogP contribution in [0.3, 0.4) is 0 Å². The maximum absolute atomic E-state index is 13.1. The first-order valence-electron chi connectivity index (χ1n) is 9.59. The van der Waals surface area contributed by atoms with Crippen LogP contribution >= 0.6 is 11.8 Å². The van der Waals surface area contributed by atoms with E-state index >= 15 is 0 Å². The molecule has 9 heteroatoms. The van der Waals surface area contributed by atoms with Gasteiger partial charge in [-0.3, -0.25) is 4.79 Å². The van der Waals surface area contributed by atoms with Crippen molar-refractivity contribution in [1.29, 1.82) is 0 Å². The molecule has 1 amide bonds. The number of amides is 1. The molecule has 1 aliphatic heterocycles. The molecule has 2 atom stereocenters. The zero-order valence-electron chi connectivity index (χ0n) is 16.7. The molecule has 0 fully saturated rings. The van der Waals surface area contributed by atoms with Crippen molar-refractivity contribution in [3.05, 3.63) is 65.7 Å². The van der Waals surface area contributed by atoms with Gasteiger partial charge in [0.1, 0.15) is 18.2 Å². The Hall–Kier alpha value is -3.07. The highest BCUT2D eigenvalue weighted by Crippen LogP contribution is 2.34. The van der Waals surface area contributed by atoms with E-state index in [0.717, 1.165) is 12.1 Å². The molecule has 0 aliphatic carbocycles. The predicted molar refractivity (Wildman–Crippen MR) is 113 cm³/mol. The molecule has 2 aromatic carbocycles. The van der Waals surface area contributed by atoms with Crippen LogP contribution in [0.2, 0.25) is 0 Å². The third-order valence-corrected chi connectivity index (χ3v) is 6.04. The zero-order chi connectivity index (χ0) is 21.3. The highest BCUT2D eigenvalue weighted by Gasteiger charge is 2.34.